The summed E-state index contributed by atoms with van der Waals surface area (Å²) < 4.78 is 19.2. The highest BCUT2D eigenvalue weighted by Crippen LogP contribution is 2.30. The quantitative estimate of drug-likeness (QED) is 0.602. The Morgan fingerprint density at radius 3 is 2.70 bits per heavy atom. The lowest BCUT2D eigenvalue weighted by Crippen LogP contribution is -2.04. The first-order valence-electron chi connectivity index (χ1n) is 5.83. The van der Waals surface area contributed by atoms with Gasteiger partial charge in [0.25, 0.3) is 5.69 Å². The van der Waals surface area contributed by atoms with Crippen molar-refractivity contribution in [2.75, 3.05) is 0 Å². The summed E-state index contributed by atoms with van der Waals surface area (Å²) in [5, 5.41) is 10.7. The first kappa shape index (κ1) is 14.5. The number of benzene rings is 2. The molecular weight excluding hydrogens is 329 g/mol. The molecule has 2 aromatic carbocycles. The Hall–Kier alpha value is -1.95. The number of hydrogen-bond acceptors (Lipinski definition) is 3. The molecule has 0 aliphatic rings. The van der Waals surface area contributed by atoms with E-state index in [0.29, 0.717) is 15.8 Å². The van der Waals surface area contributed by atoms with E-state index in [9.17, 15) is 14.5 Å². The highest BCUT2D eigenvalue weighted by molar-refractivity contribution is 9.10. The molecule has 20 heavy (non-hydrogen) atoms. The molecule has 0 fully saturated rings. The van der Waals surface area contributed by atoms with Crippen molar-refractivity contribution in [1.82, 2.24) is 0 Å². The number of nitro groups is 1. The van der Waals surface area contributed by atoms with E-state index in [4.69, 9.17) is 4.74 Å². The molecule has 6 heteroatoms. The van der Waals surface area contributed by atoms with Crippen LogP contribution in [0, 0.1) is 15.9 Å². The lowest BCUT2D eigenvalue weighted by atomic mass is 10.1. The van der Waals surface area contributed by atoms with Gasteiger partial charge in [0.05, 0.1) is 9.40 Å². The van der Waals surface area contributed by atoms with Gasteiger partial charge in [-0.1, -0.05) is 12.1 Å². The number of ether oxygens (including phenoxy) is 1. The highest BCUT2D eigenvalue weighted by Gasteiger charge is 2.13. The molecule has 4 nitrogen and oxygen atoms in total. The van der Waals surface area contributed by atoms with E-state index in [1.165, 1.54) is 30.3 Å². The predicted octanol–water partition coefficient (Wildman–Crippen LogP) is 4.64. The van der Waals surface area contributed by atoms with Crippen LogP contribution >= 0.6 is 15.9 Å². The maximum atomic E-state index is 13.0. The average molecular weight is 340 g/mol. The fourth-order valence-electron chi connectivity index (χ4n) is 1.72. The second kappa shape index (κ2) is 6.00. The summed E-state index contributed by atoms with van der Waals surface area (Å²) in [5.74, 6) is 0.109. The van der Waals surface area contributed by atoms with Gasteiger partial charge >= 0.3 is 0 Å². The Labute approximate surface area is 123 Å². The molecule has 0 saturated carbocycles. The van der Waals surface area contributed by atoms with E-state index in [0.717, 1.165) is 0 Å². The van der Waals surface area contributed by atoms with Gasteiger partial charge in [-0.15, -0.1) is 0 Å². The van der Waals surface area contributed by atoms with Crippen molar-refractivity contribution in [2.45, 2.75) is 13.0 Å². The molecule has 0 spiro atoms. The molecule has 0 bridgehead atoms. The van der Waals surface area contributed by atoms with E-state index in [-0.39, 0.29) is 11.5 Å². The molecule has 0 saturated heterocycles. The lowest BCUT2D eigenvalue weighted by molar-refractivity contribution is -0.385. The van der Waals surface area contributed by atoms with Crippen molar-refractivity contribution < 1.29 is 14.1 Å². The second-order valence-electron chi connectivity index (χ2n) is 4.19. The van der Waals surface area contributed by atoms with Crippen molar-refractivity contribution in [3.63, 3.8) is 0 Å². The van der Waals surface area contributed by atoms with E-state index in [2.05, 4.69) is 15.9 Å². The first-order valence-corrected chi connectivity index (χ1v) is 6.62. The van der Waals surface area contributed by atoms with Crippen LogP contribution in [0.2, 0.25) is 0 Å². The maximum Gasteiger partial charge on any atom is 0.269 e. The van der Waals surface area contributed by atoms with Crippen LogP contribution in [-0.2, 0) is 0 Å². The van der Waals surface area contributed by atoms with Gasteiger partial charge in [-0.3, -0.25) is 10.1 Å². The zero-order valence-corrected chi connectivity index (χ0v) is 12.1. The van der Waals surface area contributed by atoms with Gasteiger partial charge in [0.1, 0.15) is 17.7 Å². The van der Waals surface area contributed by atoms with Gasteiger partial charge in [-0.05, 0) is 46.6 Å². The molecule has 2 aromatic rings. The monoisotopic (exact) mass is 339 g/mol. The number of nitrogens with zero attached hydrogens (tertiary/aromatic N) is 1. The zero-order chi connectivity index (χ0) is 14.7. The number of halogens is 2. The third-order valence-corrected chi connectivity index (χ3v) is 3.37. The van der Waals surface area contributed by atoms with Crippen molar-refractivity contribution in [1.29, 1.82) is 0 Å². The van der Waals surface area contributed by atoms with E-state index in [1.54, 1.807) is 19.1 Å². The Morgan fingerprint density at radius 1 is 1.30 bits per heavy atom. The van der Waals surface area contributed by atoms with Gasteiger partial charge < -0.3 is 4.74 Å². The number of hydrogen-bond donors (Lipinski definition) is 0. The molecular formula is C14H11BrFNO3. The summed E-state index contributed by atoms with van der Waals surface area (Å²) in [6.07, 6.45) is -0.392. The van der Waals surface area contributed by atoms with Gasteiger partial charge in [0.2, 0.25) is 0 Å². The smallest absolute Gasteiger partial charge is 0.269 e. The van der Waals surface area contributed by atoms with Crippen LogP contribution in [0.4, 0.5) is 10.1 Å². The number of nitro benzene ring substituents is 1. The van der Waals surface area contributed by atoms with Crippen molar-refractivity contribution in [2.24, 2.45) is 0 Å². The minimum absolute atomic E-state index is 0.0103. The Balaban J connectivity index is 2.21. The van der Waals surface area contributed by atoms with Crippen molar-refractivity contribution in [3.8, 4) is 5.75 Å². The SMILES string of the molecule is C[C@@H](Oc1ccc(F)cc1Br)c1cccc([N+](=O)[O-])c1. The fraction of sp³-hybridized carbons (Fsp3) is 0.143. The molecule has 0 aromatic heterocycles. The average Bonchev–Trinajstić information content (AvgIpc) is 2.42. The van der Waals surface area contributed by atoms with Crippen LogP contribution in [-0.4, -0.2) is 4.92 Å². The van der Waals surface area contributed by atoms with Crippen molar-refractivity contribution in [3.05, 3.63) is 68.4 Å². The molecule has 104 valence electrons. The molecule has 0 aliphatic carbocycles. The van der Waals surface area contributed by atoms with E-state index in [1.807, 2.05) is 0 Å². The topological polar surface area (TPSA) is 52.4 Å². The Bertz CT molecular complexity index is 648. The molecule has 0 unspecified atom stereocenters. The summed E-state index contributed by atoms with van der Waals surface area (Å²) in [6.45, 7) is 1.77. The zero-order valence-electron chi connectivity index (χ0n) is 10.5. The Kier molecular flexibility index (Phi) is 4.34. The molecule has 0 amide bonds. The fourth-order valence-corrected chi connectivity index (χ4v) is 2.16. The van der Waals surface area contributed by atoms with Crippen LogP contribution in [0.15, 0.2) is 46.9 Å². The summed E-state index contributed by atoms with van der Waals surface area (Å²) in [7, 11) is 0. The molecule has 0 radical (unpaired) electrons. The molecule has 1 atom stereocenters. The molecule has 0 aliphatic heterocycles. The minimum atomic E-state index is -0.454. The second-order valence-corrected chi connectivity index (χ2v) is 5.04. The van der Waals surface area contributed by atoms with Crippen LogP contribution in [0.5, 0.6) is 5.75 Å². The summed E-state index contributed by atoms with van der Waals surface area (Å²) >= 11 is 3.21. The minimum Gasteiger partial charge on any atom is -0.485 e. The molecule has 2 rings (SSSR count). The van der Waals surface area contributed by atoms with Crippen LogP contribution in [0.25, 0.3) is 0 Å². The molecule has 0 N–H and O–H groups in total. The Morgan fingerprint density at radius 2 is 2.05 bits per heavy atom. The van der Waals surface area contributed by atoms with Gasteiger partial charge in [0, 0.05) is 12.1 Å². The normalized spacial score (nSPS) is 11.9. The number of rotatable bonds is 4. The predicted molar refractivity (Wildman–Crippen MR) is 76.2 cm³/mol. The van der Waals surface area contributed by atoms with Gasteiger partial charge in [-0.25, -0.2) is 4.39 Å². The van der Waals surface area contributed by atoms with Crippen LogP contribution in [0.3, 0.4) is 0 Å². The van der Waals surface area contributed by atoms with E-state index < -0.39 is 11.0 Å². The van der Waals surface area contributed by atoms with Crippen LogP contribution in [0.1, 0.15) is 18.6 Å². The van der Waals surface area contributed by atoms with Crippen LogP contribution < -0.4 is 4.74 Å². The summed E-state index contributed by atoms with van der Waals surface area (Å²) in [6, 6.07) is 10.3. The van der Waals surface area contributed by atoms with Gasteiger partial charge in [-0.2, -0.15) is 0 Å². The van der Waals surface area contributed by atoms with Gasteiger partial charge in [0.15, 0.2) is 0 Å². The third-order valence-electron chi connectivity index (χ3n) is 2.75. The molecule has 0 heterocycles. The standard InChI is InChI=1S/C14H11BrFNO3/c1-9(10-3-2-4-12(7-10)17(18)19)20-14-6-5-11(16)8-13(14)15/h2-9H,1H3/t9-/m1/s1. The number of non-ortho nitro benzene ring substituents is 1. The maximum absolute atomic E-state index is 13.0. The van der Waals surface area contributed by atoms with E-state index >= 15 is 0 Å². The first-order chi connectivity index (χ1) is 9.47. The largest absolute Gasteiger partial charge is 0.485 e. The highest BCUT2D eigenvalue weighted by atomic mass is 79.9. The lowest BCUT2D eigenvalue weighted by Gasteiger charge is -2.16. The third kappa shape index (κ3) is 3.33. The summed E-state index contributed by atoms with van der Waals surface area (Å²) in [4.78, 5) is 10.3. The van der Waals surface area contributed by atoms with Crippen molar-refractivity contribution >= 4 is 21.6 Å². The summed E-state index contributed by atoms with van der Waals surface area (Å²) in [5.41, 5.74) is 0.687.